The second-order valence-corrected chi connectivity index (χ2v) is 4.12. The molecule has 14 heavy (non-hydrogen) atoms. The van der Waals surface area contributed by atoms with Gasteiger partial charge >= 0.3 is 0 Å². The Bertz CT molecular complexity index is 211. The Kier molecular flexibility index (Phi) is 4.94. The zero-order valence-corrected chi connectivity index (χ0v) is 9.42. The second-order valence-electron chi connectivity index (χ2n) is 4.12. The van der Waals surface area contributed by atoms with Crippen LogP contribution in [0.25, 0.3) is 0 Å². The number of hydrogen-bond donors (Lipinski definition) is 0. The zero-order valence-electron chi connectivity index (χ0n) is 9.42. The van der Waals surface area contributed by atoms with E-state index in [9.17, 15) is 9.59 Å². The van der Waals surface area contributed by atoms with E-state index in [1.165, 1.54) is 14.2 Å². The summed E-state index contributed by atoms with van der Waals surface area (Å²) < 4.78 is 9.50. The molecule has 0 N–H and O–H groups in total. The monoisotopic (exact) mass is 202 g/mol. The van der Waals surface area contributed by atoms with Crippen LogP contribution in [0.15, 0.2) is 0 Å². The Labute approximate surface area is 84.6 Å². The Hall–Kier alpha value is -0.740. The first kappa shape index (κ1) is 13.3. The number of rotatable bonds is 5. The third-order valence-electron chi connectivity index (χ3n) is 1.86. The first-order chi connectivity index (χ1) is 6.32. The smallest absolute Gasteiger partial charge is 0.217 e. The standard InChI is InChI=1S/C10H18O4/c1-10(2,3)8(12)6-7(11)9(13-4)14-5/h9H,6H2,1-5H3. The predicted molar refractivity (Wildman–Crippen MR) is 51.9 cm³/mol. The fourth-order valence-corrected chi connectivity index (χ4v) is 0.866. The van der Waals surface area contributed by atoms with Crippen LogP contribution in [0.5, 0.6) is 0 Å². The quantitative estimate of drug-likeness (QED) is 0.496. The number of carbonyl (C=O) groups excluding carboxylic acids is 2. The van der Waals surface area contributed by atoms with Gasteiger partial charge < -0.3 is 9.47 Å². The van der Waals surface area contributed by atoms with Gasteiger partial charge in [-0.15, -0.1) is 0 Å². The highest BCUT2D eigenvalue weighted by Crippen LogP contribution is 2.17. The molecule has 82 valence electrons. The molecule has 0 atom stereocenters. The van der Waals surface area contributed by atoms with Crippen LogP contribution in [0.4, 0.5) is 0 Å². The van der Waals surface area contributed by atoms with E-state index < -0.39 is 11.7 Å². The highest BCUT2D eigenvalue weighted by atomic mass is 16.7. The van der Waals surface area contributed by atoms with Gasteiger partial charge in [-0.05, 0) is 0 Å². The molecule has 0 aliphatic rings. The van der Waals surface area contributed by atoms with Gasteiger partial charge in [0.25, 0.3) is 0 Å². The summed E-state index contributed by atoms with van der Waals surface area (Å²) >= 11 is 0. The number of carbonyl (C=O) groups is 2. The Morgan fingerprint density at radius 2 is 1.57 bits per heavy atom. The van der Waals surface area contributed by atoms with Crippen LogP contribution in [0.2, 0.25) is 0 Å². The van der Waals surface area contributed by atoms with Gasteiger partial charge in [0.2, 0.25) is 6.29 Å². The minimum atomic E-state index is -0.929. The van der Waals surface area contributed by atoms with E-state index in [0.29, 0.717) is 0 Å². The van der Waals surface area contributed by atoms with Crippen LogP contribution in [0.1, 0.15) is 27.2 Å². The van der Waals surface area contributed by atoms with Crippen molar-refractivity contribution in [1.82, 2.24) is 0 Å². The van der Waals surface area contributed by atoms with Gasteiger partial charge in [0.1, 0.15) is 5.78 Å². The molecule has 0 unspecified atom stereocenters. The summed E-state index contributed by atoms with van der Waals surface area (Å²) in [5.74, 6) is -0.448. The number of ether oxygens (including phenoxy) is 2. The molecule has 0 amide bonds. The van der Waals surface area contributed by atoms with Gasteiger partial charge in [-0.1, -0.05) is 20.8 Å². The van der Waals surface area contributed by atoms with Crippen LogP contribution in [0, 0.1) is 5.41 Å². The Balaban J connectivity index is 4.26. The van der Waals surface area contributed by atoms with Gasteiger partial charge in [0.15, 0.2) is 5.78 Å². The SMILES string of the molecule is COC(OC)C(=O)CC(=O)C(C)(C)C. The van der Waals surface area contributed by atoms with E-state index in [4.69, 9.17) is 9.47 Å². The van der Waals surface area contributed by atoms with Crippen molar-refractivity contribution in [2.24, 2.45) is 5.41 Å². The van der Waals surface area contributed by atoms with E-state index >= 15 is 0 Å². The maximum Gasteiger partial charge on any atom is 0.217 e. The lowest BCUT2D eigenvalue weighted by atomic mass is 9.88. The summed E-state index contributed by atoms with van der Waals surface area (Å²) in [5.41, 5.74) is -0.498. The van der Waals surface area contributed by atoms with Crippen molar-refractivity contribution in [3.63, 3.8) is 0 Å². The number of hydrogen-bond acceptors (Lipinski definition) is 4. The summed E-state index contributed by atoms with van der Waals surface area (Å²) in [7, 11) is 2.74. The minimum absolute atomic E-state index is 0.110. The molecule has 0 aliphatic carbocycles. The molecule has 0 bridgehead atoms. The van der Waals surface area contributed by atoms with Crippen molar-refractivity contribution >= 4 is 11.6 Å². The second kappa shape index (κ2) is 5.22. The van der Waals surface area contributed by atoms with Crippen molar-refractivity contribution in [2.75, 3.05) is 14.2 Å². The molecule has 0 radical (unpaired) electrons. The number of ketones is 2. The van der Waals surface area contributed by atoms with Gasteiger partial charge in [0, 0.05) is 19.6 Å². The van der Waals surface area contributed by atoms with Gasteiger partial charge in [-0.3, -0.25) is 9.59 Å². The molecule has 0 saturated carbocycles. The third-order valence-corrected chi connectivity index (χ3v) is 1.86. The average molecular weight is 202 g/mol. The van der Waals surface area contributed by atoms with Crippen molar-refractivity contribution in [1.29, 1.82) is 0 Å². The molecule has 4 nitrogen and oxygen atoms in total. The van der Waals surface area contributed by atoms with Crippen molar-refractivity contribution in [3.05, 3.63) is 0 Å². The molecule has 0 heterocycles. The molecule has 0 fully saturated rings. The molecule has 0 spiro atoms. The molecule has 0 saturated heterocycles. The van der Waals surface area contributed by atoms with Gasteiger partial charge in [-0.2, -0.15) is 0 Å². The summed E-state index contributed by atoms with van der Waals surface area (Å²) in [6.45, 7) is 5.33. The maximum absolute atomic E-state index is 11.5. The molecule has 0 aromatic carbocycles. The predicted octanol–water partition coefficient (Wildman–Crippen LogP) is 1.18. The van der Waals surface area contributed by atoms with Crippen LogP contribution in [0.3, 0.4) is 0 Å². The van der Waals surface area contributed by atoms with Crippen LogP contribution in [-0.4, -0.2) is 32.1 Å². The van der Waals surface area contributed by atoms with Crippen LogP contribution < -0.4 is 0 Å². The number of Topliss-reactive ketones (excluding diaryl/α,β-unsaturated/α-hetero) is 2. The Morgan fingerprint density at radius 3 is 1.86 bits per heavy atom. The van der Waals surface area contributed by atoms with E-state index in [0.717, 1.165) is 0 Å². The molecule has 0 aliphatic heterocycles. The number of methoxy groups -OCH3 is 2. The first-order valence-corrected chi connectivity index (χ1v) is 4.44. The molecular weight excluding hydrogens is 184 g/mol. The van der Waals surface area contributed by atoms with Crippen LogP contribution in [-0.2, 0) is 19.1 Å². The lowest BCUT2D eigenvalue weighted by Crippen LogP contribution is -2.31. The van der Waals surface area contributed by atoms with Crippen molar-refractivity contribution in [2.45, 2.75) is 33.5 Å². The van der Waals surface area contributed by atoms with E-state index in [1.54, 1.807) is 20.8 Å². The highest BCUT2D eigenvalue weighted by Gasteiger charge is 2.27. The normalized spacial score (nSPS) is 11.9. The fourth-order valence-electron chi connectivity index (χ4n) is 0.866. The Morgan fingerprint density at radius 1 is 1.14 bits per heavy atom. The third kappa shape index (κ3) is 3.98. The lowest BCUT2D eigenvalue weighted by molar-refractivity contribution is -0.158. The van der Waals surface area contributed by atoms with E-state index in [-0.39, 0.29) is 18.0 Å². The summed E-state index contributed by atoms with van der Waals surface area (Å²) in [6, 6.07) is 0. The summed E-state index contributed by atoms with van der Waals surface area (Å²) in [4.78, 5) is 22.9. The van der Waals surface area contributed by atoms with E-state index in [2.05, 4.69) is 0 Å². The first-order valence-electron chi connectivity index (χ1n) is 4.44. The topological polar surface area (TPSA) is 52.6 Å². The molecular formula is C10H18O4. The maximum atomic E-state index is 11.5. The highest BCUT2D eigenvalue weighted by molar-refractivity contribution is 6.02. The molecule has 0 aromatic heterocycles. The molecule has 0 aromatic rings. The minimum Gasteiger partial charge on any atom is -0.349 e. The molecule has 4 heteroatoms. The van der Waals surface area contributed by atoms with Crippen molar-refractivity contribution < 1.29 is 19.1 Å². The summed E-state index contributed by atoms with van der Waals surface area (Å²) in [5, 5.41) is 0. The van der Waals surface area contributed by atoms with Gasteiger partial charge in [0.05, 0.1) is 6.42 Å². The van der Waals surface area contributed by atoms with Crippen molar-refractivity contribution in [3.8, 4) is 0 Å². The lowest BCUT2D eigenvalue weighted by Gasteiger charge is -2.17. The fraction of sp³-hybridized carbons (Fsp3) is 0.800. The van der Waals surface area contributed by atoms with Gasteiger partial charge in [-0.25, -0.2) is 0 Å². The van der Waals surface area contributed by atoms with E-state index in [1.807, 2.05) is 0 Å². The summed E-state index contributed by atoms with van der Waals surface area (Å²) in [6.07, 6.45) is -1.07. The van der Waals surface area contributed by atoms with Crippen LogP contribution >= 0.6 is 0 Å². The average Bonchev–Trinajstić information content (AvgIpc) is 2.04. The largest absolute Gasteiger partial charge is 0.349 e. The zero-order chi connectivity index (χ0) is 11.4. The molecule has 0 rings (SSSR count).